The zero-order chi connectivity index (χ0) is 7.28. The van der Waals surface area contributed by atoms with Gasteiger partial charge in [-0.05, 0) is 6.42 Å². The van der Waals surface area contributed by atoms with Crippen molar-refractivity contribution in [3.63, 3.8) is 0 Å². The van der Waals surface area contributed by atoms with E-state index >= 15 is 0 Å². The first kappa shape index (κ1) is 8.47. The summed E-state index contributed by atoms with van der Waals surface area (Å²) in [4.78, 5) is 12.6. The Hall–Kier alpha value is -0.530. The van der Waals surface area contributed by atoms with Gasteiger partial charge in [0.2, 0.25) is 5.91 Å². The Morgan fingerprint density at radius 3 is 2.33 bits per heavy atom. The van der Waals surface area contributed by atoms with Crippen LogP contribution in [0.3, 0.4) is 0 Å². The molecule has 0 unspecified atom stereocenters. The minimum absolute atomic E-state index is 0.233. The zero-order valence-corrected chi connectivity index (χ0v) is 6.48. The lowest BCUT2D eigenvalue weighted by Crippen LogP contribution is -2.26. The van der Waals surface area contributed by atoms with Crippen molar-refractivity contribution in [3.05, 3.63) is 0 Å². The molecular weight excluding hydrogens is 114 g/mol. The van der Waals surface area contributed by atoms with E-state index in [-0.39, 0.29) is 5.91 Å². The summed E-state index contributed by atoms with van der Waals surface area (Å²) in [5.74, 6) is 0.233. The number of hydrogen-bond acceptors (Lipinski definition) is 1. The van der Waals surface area contributed by atoms with Gasteiger partial charge in [0.1, 0.15) is 0 Å². The maximum absolute atomic E-state index is 10.8. The summed E-state index contributed by atoms with van der Waals surface area (Å²) in [5.41, 5.74) is 0. The van der Waals surface area contributed by atoms with Crippen LogP contribution in [0.15, 0.2) is 0 Å². The largest absolute Gasteiger partial charge is 0.346 e. The molecule has 0 aliphatic heterocycles. The normalized spacial score (nSPS) is 9.22. The molecular formula is C7H15NO. The SMILES string of the molecule is CCCN(C)C(=O)CC. The molecule has 0 saturated heterocycles. The van der Waals surface area contributed by atoms with E-state index in [1.807, 2.05) is 14.0 Å². The summed E-state index contributed by atoms with van der Waals surface area (Å²) >= 11 is 0. The Morgan fingerprint density at radius 2 is 2.00 bits per heavy atom. The van der Waals surface area contributed by atoms with Crippen LogP contribution >= 0.6 is 0 Å². The smallest absolute Gasteiger partial charge is 0.222 e. The molecule has 0 rings (SSSR count). The lowest BCUT2D eigenvalue weighted by atomic mass is 10.4. The summed E-state index contributed by atoms with van der Waals surface area (Å²) in [7, 11) is 1.84. The maximum atomic E-state index is 10.8. The van der Waals surface area contributed by atoms with E-state index in [2.05, 4.69) is 6.92 Å². The van der Waals surface area contributed by atoms with Crippen molar-refractivity contribution >= 4 is 5.91 Å². The van der Waals surface area contributed by atoms with E-state index in [9.17, 15) is 4.79 Å². The average Bonchev–Trinajstić information content (AvgIpc) is 1.87. The molecule has 0 aromatic rings. The van der Waals surface area contributed by atoms with Gasteiger partial charge >= 0.3 is 0 Å². The molecule has 1 amide bonds. The fourth-order valence-corrected chi connectivity index (χ4v) is 0.730. The molecule has 0 spiro atoms. The highest BCUT2D eigenvalue weighted by Crippen LogP contribution is 1.90. The second-order valence-corrected chi connectivity index (χ2v) is 2.17. The Labute approximate surface area is 56.9 Å². The van der Waals surface area contributed by atoms with Gasteiger partial charge in [0, 0.05) is 20.0 Å². The van der Waals surface area contributed by atoms with Gasteiger partial charge in [-0.25, -0.2) is 0 Å². The number of carbonyl (C=O) groups is 1. The van der Waals surface area contributed by atoms with Gasteiger partial charge in [-0.15, -0.1) is 0 Å². The molecule has 0 aromatic heterocycles. The summed E-state index contributed by atoms with van der Waals surface area (Å²) in [6, 6.07) is 0. The average molecular weight is 129 g/mol. The number of carbonyl (C=O) groups excluding carboxylic acids is 1. The molecule has 54 valence electrons. The lowest BCUT2D eigenvalue weighted by Gasteiger charge is -2.13. The molecule has 2 heteroatoms. The molecule has 0 aromatic carbocycles. The molecule has 0 heterocycles. The molecule has 0 bridgehead atoms. The Kier molecular flexibility index (Phi) is 4.10. The van der Waals surface area contributed by atoms with Crippen LogP contribution in [0.1, 0.15) is 26.7 Å². The summed E-state index contributed by atoms with van der Waals surface area (Å²) in [5, 5.41) is 0. The van der Waals surface area contributed by atoms with Crippen LogP contribution in [0.25, 0.3) is 0 Å². The van der Waals surface area contributed by atoms with Crippen LogP contribution in [0.2, 0.25) is 0 Å². The molecule has 0 fully saturated rings. The molecule has 0 saturated carbocycles. The van der Waals surface area contributed by atoms with Crippen LogP contribution < -0.4 is 0 Å². The fraction of sp³-hybridized carbons (Fsp3) is 0.857. The number of rotatable bonds is 3. The molecule has 0 radical (unpaired) electrons. The maximum Gasteiger partial charge on any atom is 0.222 e. The van der Waals surface area contributed by atoms with Gasteiger partial charge < -0.3 is 4.90 Å². The summed E-state index contributed by atoms with van der Waals surface area (Å²) < 4.78 is 0. The number of amides is 1. The van der Waals surface area contributed by atoms with E-state index in [0.29, 0.717) is 6.42 Å². The Bertz CT molecular complexity index is 90.9. The van der Waals surface area contributed by atoms with Crippen LogP contribution in [0.5, 0.6) is 0 Å². The monoisotopic (exact) mass is 129 g/mol. The van der Waals surface area contributed by atoms with Gasteiger partial charge in [-0.1, -0.05) is 13.8 Å². The summed E-state index contributed by atoms with van der Waals surface area (Å²) in [6.07, 6.45) is 1.67. The third-order valence-corrected chi connectivity index (χ3v) is 1.29. The van der Waals surface area contributed by atoms with Crippen LogP contribution in [-0.2, 0) is 4.79 Å². The first-order valence-corrected chi connectivity index (χ1v) is 3.46. The summed E-state index contributed by atoms with van der Waals surface area (Å²) in [6.45, 7) is 4.83. The molecule has 0 aliphatic rings. The van der Waals surface area contributed by atoms with E-state index in [0.717, 1.165) is 13.0 Å². The van der Waals surface area contributed by atoms with Crippen molar-refractivity contribution in [2.75, 3.05) is 13.6 Å². The van der Waals surface area contributed by atoms with E-state index in [1.165, 1.54) is 0 Å². The first-order chi connectivity index (χ1) is 4.22. The van der Waals surface area contributed by atoms with E-state index in [1.54, 1.807) is 4.90 Å². The van der Waals surface area contributed by atoms with Crippen LogP contribution in [0, 0.1) is 0 Å². The number of nitrogens with zero attached hydrogens (tertiary/aromatic N) is 1. The highest BCUT2D eigenvalue weighted by molar-refractivity contribution is 5.75. The predicted octanol–water partition coefficient (Wildman–Crippen LogP) is 1.26. The van der Waals surface area contributed by atoms with Gasteiger partial charge in [0.05, 0.1) is 0 Å². The minimum atomic E-state index is 0.233. The van der Waals surface area contributed by atoms with Gasteiger partial charge in [0.25, 0.3) is 0 Å². The third-order valence-electron chi connectivity index (χ3n) is 1.29. The lowest BCUT2D eigenvalue weighted by molar-refractivity contribution is -0.129. The third kappa shape index (κ3) is 3.12. The van der Waals surface area contributed by atoms with Gasteiger partial charge in [-0.2, -0.15) is 0 Å². The predicted molar refractivity (Wildman–Crippen MR) is 38.2 cm³/mol. The van der Waals surface area contributed by atoms with Crippen LogP contribution in [0.4, 0.5) is 0 Å². The highest BCUT2D eigenvalue weighted by atomic mass is 16.2. The fourth-order valence-electron chi connectivity index (χ4n) is 0.730. The van der Waals surface area contributed by atoms with Crippen molar-refractivity contribution in [1.82, 2.24) is 4.90 Å². The molecule has 0 N–H and O–H groups in total. The molecule has 0 atom stereocenters. The quantitative estimate of drug-likeness (QED) is 0.562. The molecule has 9 heavy (non-hydrogen) atoms. The molecule has 0 aliphatic carbocycles. The van der Waals surface area contributed by atoms with Gasteiger partial charge in [-0.3, -0.25) is 4.79 Å². The van der Waals surface area contributed by atoms with Gasteiger partial charge in [0.15, 0.2) is 0 Å². The zero-order valence-electron chi connectivity index (χ0n) is 6.48. The standard InChI is InChI=1S/C7H15NO/c1-4-6-8(3)7(9)5-2/h4-6H2,1-3H3. The second-order valence-electron chi connectivity index (χ2n) is 2.17. The van der Waals surface area contributed by atoms with Crippen molar-refractivity contribution < 1.29 is 4.79 Å². The Morgan fingerprint density at radius 1 is 1.44 bits per heavy atom. The topological polar surface area (TPSA) is 20.3 Å². The van der Waals surface area contributed by atoms with E-state index < -0.39 is 0 Å². The second kappa shape index (κ2) is 4.36. The molecule has 2 nitrogen and oxygen atoms in total. The van der Waals surface area contributed by atoms with Crippen molar-refractivity contribution in [2.24, 2.45) is 0 Å². The number of hydrogen-bond donors (Lipinski definition) is 0. The minimum Gasteiger partial charge on any atom is -0.346 e. The highest BCUT2D eigenvalue weighted by Gasteiger charge is 2.01. The van der Waals surface area contributed by atoms with Crippen molar-refractivity contribution in [3.8, 4) is 0 Å². The van der Waals surface area contributed by atoms with Crippen molar-refractivity contribution in [2.45, 2.75) is 26.7 Å². The van der Waals surface area contributed by atoms with E-state index in [4.69, 9.17) is 0 Å². The first-order valence-electron chi connectivity index (χ1n) is 3.46. The van der Waals surface area contributed by atoms with Crippen molar-refractivity contribution in [1.29, 1.82) is 0 Å². The Balaban J connectivity index is 3.45. The van der Waals surface area contributed by atoms with Crippen LogP contribution in [-0.4, -0.2) is 24.4 Å².